The summed E-state index contributed by atoms with van der Waals surface area (Å²) in [5.74, 6) is 0. The van der Waals surface area contributed by atoms with Gasteiger partial charge >= 0.3 is 0 Å². The smallest absolute Gasteiger partial charge is 0.138 e. The zero-order chi connectivity index (χ0) is 14.3. The standard InChI is InChI=1S/C16H21N3/c1-10-7-11(2)16(13(4)12(10)3)19-14(5)18(6)9-15(19)8-17/h7,9,14H,1-6H3/t14-/m0/s1. The maximum absolute atomic E-state index is 9.35. The van der Waals surface area contributed by atoms with Crippen LogP contribution in [0.4, 0.5) is 5.69 Å². The van der Waals surface area contributed by atoms with Crippen molar-refractivity contribution in [2.24, 2.45) is 0 Å². The van der Waals surface area contributed by atoms with Crippen molar-refractivity contribution in [2.75, 3.05) is 11.9 Å². The third-order valence-electron chi connectivity index (χ3n) is 4.22. The molecule has 100 valence electrons. The minimum absolute atomic E-state index is 0.175. The number of benzene rings is 1. The van der Waals surface area contributed by atoms with Crippen LogP contribution in [-0.2, 0) is 0 Å². The molecular weight excluding hydrogens is 234 g/mol. The van der Waals surface area contributed by atoms with Crippen molar-refractivity contribution in [3.8, 4) is 6.07 Å². The van der Waals surface area contributed by atoms with Gasteiger partial charge < -0.3 is 9.80 Å². The first kappa shape index (κ1) is 13.5. The average molecular weight is 255 g/mol. The predicted molar refractivity (Wildman–Crippen MR) is 78.8 cm³/mol. The number of rotatable bonds is 1. The molecule has 1 aliphatic heterocycles. The monoisotopic (exact) mass is 255 g/mol. The minimum atomic E-state index is 0.175. The number of hydrogen-bond donors (Lipinski definition) is 0. The number of anilines is 1. The molecule has 0 fully saturated rings. The Bertz CT molecular complexity index is 593. The Kier molecular flexibility index (Phi) is 3.28. The lowest BCUT2D eigenvalue weighted by atomic mass is 9.97. The van der Waals surface area contributed by atoms with E-state index < -0.39 is 0 Å². The highest BCUT2D eigenvalue weighted by atomic mass is 15.4. The van der Waals surface area contributed by atoms with Crippen molar-refractivity contribution in [3.63, 3.8) is 0 Å². The lowest BCUT2D eigenvalue weighted by Crippen LogP contribution is -2.36. The Hall–Kier alpha value is -1.95. The molecule has 19 heavy (non-hydrogen) atoms. The molecule has 0 amide bonds. The second-order valence-corrected chi connectivity index (χ2v) is 5.40. The first-order valence-corrected chi connectivity index (χ1v) is 6.59. The van der Waals surface area contributed by atoms with E-state index in [9.17, 15) is 5.26 Å². The van der Waals surface area contributed by atoms with Crippen LogP contribution in [0.15, 0.2) is 18.0 Å². The Labute approximate surface area is 115 Å². The molecule has 0 spiro atoms. The summed E-state index contributed by atoms with van der Waals surface area (Å²) in [5, 5.41) is 9.35. The van der Waals surface area contributed by atoms with Crippen molar-refractivity contribution in [2.45, 2.75) is 40.8 Å². The summed E-state index contributed by atoms with van der Waals surface area (Å²) in [6.45, 7) is 10.7. The molecule has 0 unspecified atom stereocenters. The molecule has 1 aromatic rings. The molecule has 0 aliphatic carbocycles. The lowest BCUT2D eigenvalue weighted by molar-refractivity contribution is 0.382. The summed E-state index contributed by atoms with van der Waals surface area (Å²) < 4.78 is 0. The van der Waals surface area contributed by atoms with Gasteiger partial charge in [0.1, 0.15) is 17.9 Å². The van der Waals surface area contributed by atoms with E-state index in [2.05, 4.69) is 56.6 Å². The van der Waals surface area contributed by atoms with Crippen molar-refractivity contribution in [3.05, 3.63) is 40.2 Å². The Morgan fingerprint density at radius 1 is 1.11 bits per heavy atom. The van der Waals surface area contributed by atoms with E-state index >= 15 is 0 Å². The topological polar surface area (TPSA) is 30.3 Å². The van der Waals surface area contributed by atoms with Crippen LogP contribution in [0.2, 0.25) is 0 Å². The first-order chi connectivity index (χ1) is 8.88. The van der Waals surface area contributed by atoms with Crippen molar-refractivity contribution in [1.29, 1.82) is 5.26 Å². The van der Waals surface area contributed by atoms with Gasteiger partial charge in [0.25, 0.3) is 0 Å². The van der Waals surface area contributed by atoms with Crippen LogP contribution in [-0.4, -0.2) is 18.1 Å². The number of aryl methyl sites for hydroxylation is 2. The van der Waals surface area contributed by atoms with E-state index in [1.165, 1.54) is 27.9 Å². The van der Waals surface area contributed by atoms with Gasteiger partial charge in [-0.15, -0.1) is 0 Å². The van der Waals surface area contributed by atoms with Crippen LogP contribution >= 0.6 is 0 Å². The highest BCUT2D eigenvalue weighted by molar-refractivity contribution is 5.69. The highest BCUT2D eigenvalue weighted by Crippen LogP contribution is 2.36. The molecule has 0 N–H and O–H groups in total. The number of allylic oxidation sites excluding steroid dienone is 1. The summed E-state index contributed by atoms with van der Waals surface area (Å²) in [4.78, 5) is 4.21. The van der Waals surface area contributed by atoms with Crippen molar-refractivity contribution < 1.29 is 0 Å². The number of nitriles is 1. The van der Waals surface area contributed by atoms with Gasteiger partial charge in [0.2, 0.25) is 0 Å². The molecule has 3 heteroatoms. The molecule has 0 bridgehead atoms. The van der Waals surface area contributed by atoms with E-state index in [0.717, 1.165) is 0 Å². The third kappa shape index (κ3) is 1.98. The van der Waals surface area contributed by atoms with E-state index in [1.807, 2.05) is 13.2 Å². The Morgan fingerprint density at radius 2 is 1.74 bits per heavy atom. The van der Waals surface area contributed by atoms with Gasteiger partial charge in [0.15, 0.2) is 0 Å². The molecule has 1 aromatic carbocycles. The van der Waals surface area contributed by atoms with Crippen LogP contribution in [0.1, 0.15) is 29.2 Å². The minimum Gasteiger partial charge on any atom is -0.358 e. The summed E-state index contributed by atoms with van der Waals surface area (Å²) in [5.41, 5.74) is 6.99. The van der Waals surface area contributed by atoms with Crippen LogP contribution in [0.3, 0.4) is 0 Å². The van der Waals surface area contributed by atoms with Gasteiger partial charge in [-0.05, 0) is 56.9 Å². The van der Waals surface area contributed by atoms with E-state index in [-0.39, 0.29) is 6.17 Å². The first-order valence-electron chi connectivity index (χ1n) is 6.59. The summed E-state index contributed by atoms with van der Waals surface area (Å²) in [7, 11) is 2.01. The zero-order valence-electron chi connectivity index (χ0n) is 12.6. The zero-order valence-corrected chi connectivity index (χ0v) is 12.6. The van der Waals surface area contributed by atoms with Crippen LogP contribution in [0, 0.1) is 39.0 Å². The normalized spacial score (nSPS) is 18.6. The molecule has 3 nitrogen and oxygen atoms in total. The quantitative estimate of drug-likeness (QED) is 0.770. The number of hydrogen-bond acceptors (Lipinski definition) is 3. The van der Waals surface area contributed by atoms with Crippen LogP contribution in [0.25, 0.3) is 0 Å². The molecule has 2 rings (SSSR count). The van der Waals surface area contributed by atoms with Crippen molar-refractivity contribution >= 4 is 5.69 Å². The fourth-order valence-electron chi connectivity index (χ4n) is 2.78. The van der Waals surface area contributed by atoms with Gasteiger partial charge in [0.05, 0.1) is 0 Å². The summed E-state index contributed by atoms with van der Waals surface area (Å²) in [6, 6.07) is 4.51. The Balaban J connectivity index is 2.64. The molecular formula is C16H21N3. The van der Waals surface area contributed by atoms with E-state index in [0.29, 0.717) is 5.70 Å². The molecule has 1 aliphatic rings. The molecule has 0 radical (unpaired) electrons. The number of nitrogens with zero attached hydrogens (tertiary/aromatic N) is 3. The van der Waals surface area contributed by atoms with E-state index in [4.69, 9.17) is 0 Å². The second kappa shape index (κ2) is 4.62. The maximum Gasteiger partial charge on any atom is 0.138 e. The predicted octanol–water partition coefficient (Wildman–Crippen LogP) is 3.38. The molecule has 0 saturated heterocycles. The Morgan fingerprint density at radius 3 is 2.32 bits per heavy atom. The maximum atomic E-state index is 9.35. The molecule has 0 aromatic heterocycles. The third-order valence-corrected chi connectivity index (χ3v) is 4.22. The van der Waals surface area contributed by atoms with Gasteiger partial charge in [-0.2, -0.15) is 5.26 Å². The molecule has 0 saturated carbocycles. The second-order valence-electron chi connectivity index (χ2n) is 5.40. The van der Waals surface area contributed by atoms with Crippen molar-refractivity contribution in [1.82, 2.24) is 4.90 Å². The highest BCUT2D eigenvalue weighted by Gasteiger charge is 2.30. The average Bonchev–Trinajstić information content (AvgIpc) is 2.64. The fraction of sp³-hybridized carbons (Fsp3) is 0.438. The molecule has 1 heterocycles. The van der Waals surface area contributed by atoms with Gasteiger partial charge in [-0.3, -0.25) is 0 Å². The van der Waals surface area contributed by atoms with Gasteiger partial charge in [0, 0.05) is 18.9 Å². The van der Waals surface area contributed by atoms with E-state index in [1.54, 1.807) is 0 Å². The SMILES string of the molecule is Cc1cc(C)c(N2C(C#N)=CN(C)[C@@H]2C)c(C)c1C. The van der Waals surface area contributed by atoms with Crippen LogP contribution in [0.5, 0.6) is 0 Å². The van der Waals surface area contributed by atoms with Gasteiger partial charge in [-0.1, -0.05) is 6.07 Å². The van der Waals surface area contributed by atoms with Gasteiger partial charge in [-0.25, -0.2) is 0 Å². The largest absolute Gasteiger partial charge is 0.358 e. The molecule has 1 atom stereocenters. The fourth-order valence-corrected chi connectivity index (χ4v) is 2.78. The van der Waals surface area contributed by atoms with Crippen LogP contribution < -0.4 is 4.90 Å². The summed E-state index contributed by atoms with van der Waals surface area (Å²) in [6.07, 6.45) is 2.09. The lowest BCUT2D eigenvalue weighted by Gasteiger charge is -2.31. The summed E-state index contributed by atoms with van der Waals surface area (Å²) >= 11 is 0.